The highest BCUT2D eigenvalue weighted by molar-refractivity contribution is 5.76. The third kappa shape index (κ3) is 1.50. The lowest BCUT2D eigenvalue weighted by Gasteiger charge is -2.04. The monoisotopic (exact) mass is 199 g/mol. The normalized spacial score (nSPS) is 11.9. The summed E-state index contributed by atoms with van der Waals surface area (Å²) in [5.74, 6) is -1.14. The van der Waals surface area contributed by atoms with Crippen LogP contribution in [0.15, 0.2) is 24.7 Å². The number of nitrogens with zero attached hydrogens (tertiary/aromatic N) is 3. The van der Waals surface area contributed by atoms with Crippen molar-refractivity contribution in [1.29, 1.82) is 0 Å². The van der Waals surface area contributed by atoms with E-state index in [1.807, 2.05) is 0 Å². The molecule has 2 heterocycles. The highest BCUT2D eigenvalue weighted by Gasteiger charge is 2.34. The molecule has 2 aromatic heterocycles. The molecule has 6 heteroatoms. The Morgan fingerprint density at radius 1 is 1.14 bits per heavy atom. The van der Waals surface area contributed by atoms with Gasteiger partial charge >= 0.3 is 6.18 Å². The van der Waals surface area contributed by atoms with Gasteiger partial charge in [0.25, 0.3) is 0 Å². The van der Waals surface area contributed by atoms with Gasteiger partial charge in [-0.25, -0.2) is 9.97 Å². The molecule has 72 valence electrons. The van der Waals surface area contributed by atoms with Crippen molar-refractivity contribution in [2.24, 2.45) is 0 Å². The number of hydrogen-bond acceptors (Lipinski definition) is 3. The summed E-state index contributed by atoms with van der Waals surface area (Å²) in [4.78, 5) is 10.2. The summed E-state index contributed by atoms with van der Waals surface area (Å²) in [6.07, 6.45) is -0.637. The second-order valence-corrected chi connectivity index (χ2v) is 2.63. The van der Waals surface area contributed by atoms with E-state index >= 15 is 0 Å². The molecule has 0 aliphatic heterocycles. The lowest BCUT2D eigenvalue weighted by Crippen LogP contribution is -2.10. The van der Waals surface area contributed by atoms with Crippen LogP contribution >= 0.6 is 0 Å². The zero-order chi connectivity index (χ0) is 10.2. The average Bonchev–Trinajstić information content (AvgIpc) is 2.16. The summed E-state index contributed by atoms with van der Waals surface area (Å²) in [7, 11) is 0. The van der Waals surface area contributed by atoms with Crippen molar-refractivity contribution in [3.05, 3.63) is 30.5 Å². The summed E-state index contributed by atoms with van der Waals surface area (Å²) in [5, 5.41) is 0.535. The first-order valence-electron chi connectivity index (χ1n) is 3.71. The second kappa shape index (κ2) is 2.90. The lowest BCUT2D eigenvalue weighted by molar-refractivity contribution is -0.144. The Labute approximate surface area is 76.6 Å². The summed E-state index contributed by atoms with van der Waals surface area (Å²) in [6.45, 7) is 0. The number of pyridine rings is 1. The molecule has 0 aromatic carbocycles. The molecular formula is C8H4F3N3. The minimum Gasteiger partial charge on any atom is -0.262 e. The molecule has 0 atom stereocenters. The van der Waals surface area contributed by atoms with Crippen molar-refractivity contribution in [2.75, 3.05) is 0 Å². The van der Waals surface area contributed by atoms with Crippen molar-refractivity contribution in [2.45, 2.75) is 6.18 Å². The molecule has 2 aromatic rings. The van der Waals surface area contributed by atoms with Gasteiger partial charge in [-0.05, 0) is 6.07 Å². The molecule has 0 aliphatic carbocycles. The van der Waals surface area contributed by atoms with Crippen LogP contribution in [0.25, 0.3) is 10.9 Å². The first kappa shape index (κ1) is 8.86. The minimum absolute atomic E-state index is 0.190. The molecule has 0 bridgehead atoms. The Bertz CT molecular complexity index is 467. The molecule has 0 spiro atoms. The standard InChI is InChI=1S/C8H4F3N3/c9-8(10,11)7-13-3-5-1-2-12-4-6(5)14-7/h1-4H. The third-order valence-electron chi connectivity index (χ3n) is 1.64. The smallest absolute Gasteiger partial charge is 0.262 e. The molecule has 0 unspecified atom stereocenters. The predicted octanol–water partition coefficient (Wildman–Crippen LogP) is 2.04. The molecule has 2 rings (SSSR count). The molecule has 0 N–H and O–H groups in total. The minimum atomic E-state index is -4.51. The van der Waals surface area contributed by atoms with Gasteiger partial charge in [-0.3, -0.25) is 4.98 Å². The van der Waals surface area contributed by atoms with E-state index in [-0.39, 0.29) is 5.52 Å². The van der Waals surface area contributed by atoms with Crippen molar-refractivity contribution in [3.63, 3.8) is 0 Å². The largest absolute Gasteiger partial charge is 0.451 e. The maximum Gasteiger partial charge on any atom is 0.451 e. The zero-order valence-corrected chi connectivity index (χ0v) is 6.78. The Morgan fingerprint density at radius 3 is 2.64 bits per heavy atom. The van der Waals surface area contributed by atoms with Gasteiger partial charge in [0, 0.05) is 17.8 Å². The Hall–Kier alpha value is -1.72. The van der Waals surface area contributed by atoms with Crippen LogP contribution in [0.5, 0.6) is 0 Å². The van der Waals surface area contributed by atoms with Gasteiger partial charge in [0.05, 0.1) is 11.7 Å². The molecule has 14 heavy (non-hydrogen) atoms. The van der Waals surface area contributed by atoms with Crippen LogP contribution in [0.4, 0.5) is 13.2 Å². The molecule has 3 nitrogen and oxygen atoms in total. The number of rotatable bonds is 0. The van der Waals surface area contributed by atoms with Gasteiger partial charge in [-0.1, -0.05) is 0 Å². The first-order valence-corrected chi connectivity index (χ1v) is 3.71. The fraction of sp³-hybridized carbons (Fsp3) is 0.125. The van der Waals surface area contributed by atoms with Gasteiger partial charge in [0.15, 0.2) is 0 Å². The maximum atomic E-state index is 12.2. The summed E-state index contributed by atoms with van der Waals surface area (Å²) < 4.78 is 36.5. The van der Waals surface area contributed by atoms with Crippen molar-refractivity contribution < 1.29 is 13.2 Å². The third-order valence-corrected chi connectivity index (χ3v) is 1.64. The quantitative estimate of drug-likeness (QED) is 0.651. The number of alkyl halides is 3. The van der Waals surface area contributed by atoms with Crippen LogP contribution in [-0.2, 0) is 6.18 Å². The van der Waals surface area contributed by atoms with E-state index in [0.29, 0.717) is 5.39 Å². The number of fused-ring (bicyclic) bond motifs is 1. The summed E-state index contributed by atoms with van der Waals surface area (Å²) in [5.41, 5.74) is 0.190. The molecule has 0 aliphatic rings. The fourth-order valence-electron chi connectivity index (χ4n) is 1.01. The Morgan fingerprint density at radius 2 is 1.93 bits per heavy atom. The van der Waals surface area contributed by atoms with E-state index in [1.54, 1.807) is 6.07 Å². The molecular weight excluding hydrogens is 195 g/mol. The number of halogens is 3. The molecule has 0 amide bonds. The van der Waals surface area contributed by atoms with Gasteiger partial charge in [0.1, 0.15) is 0 Å². The average molecular weight is 199 g/mol. The van der Waals surface area contributed by atoms with E-state index in [1.165, 1.54) is 12.4 Å². The van der Waals surface area contributed by atoms with E-state index in [2.05, 4.69) is 15.0 Å². The molecule has 0 saturated heterocycles. The number of hydrogen-bond donors (Lipinski definition) is 0. The first-order chi connectivity index (χ1) is 6.57. The predicted molar refractivity (Wildman–Crippen MR) is 42.3 cm³/mol. The molecule has 0 radical (unpaired) electrons. The second-order valence-electron chi connectivity index (χ2n) is 2.63. The van der Waals surface area contributed by atoms with E-state index in [9.17, 15) is 13.2 Å². The molecule has 0 saturated carbocycles. The SMILES string of the molecule is FC(F)(F)c1ncc2ccncc2n1. The Balaban J connectivity index is 2.63. The zero-order valence-electron chi connectivity index (χ0n) is 6.78. The van der Waals surface area contributed by atoms with Gasteiger partial charge < -0.3 is 0 Å². The maximum absolute atomic E-state index is 12.2. The lowest BCUT2D eigenvalue weighted by atomic mass is 10.3. The van der Waals surface area contributed by atoms with Crippen LogP contribution in [0.2, 0.25) is 0 Å². The van der Waals surface area contributed by atoms with Gasteiger partial charge in [-0.15, -0.1) is 0 Å². The van der Waals surface area contributed by atoms with Crippen molar-refractivity contribution in [3.8, 4) is 0 Å². The van der Waals surface area contributed by atoms with Crippen LogP contribution in [0.3, 0.4) is 0 Å². The topological polar surface area (TPSA) is 38.7 Å². The van der Waals surface area contributed by atoms with Crippen LogP contribution < -0.4 is 0 Å². The van der Waals surface area contributed by atoms with Crippen molar-refractivity contribution in [1.82, 2.24) is 15.0 Å². The summed E-state index contributed by atoms with van der Waals surface area (Å²) >= 11 is 0. The fourth-order valence-corrected chi connectivity index (χ4v) is 1.01. The highest BCUT2D eigenvalue weighted by atomic mass is 19.4. The van der Waals surface area contributed by atoms with Gasteiger partial charge in [-0.2, -0.15) is 13.2 Å². The van der Waals surface area contributed by atoms with Crippen LogP contribution in [-0.4, -0.2) is 15.0 Å². The Kier molecular flexibility index (Phi) is 1.83. The van der Waals surface area contributed by atoms with E-state index in [4.69, 9.17) is 0 Å². The van der Waals surface area contributed by atoms with E-state index in [0.717, 1.165) is 6.20 Å². The van der Waals surface area contributed by atoms with Gasteiger partial charge in [0.2, 0.25) is 5.82 Å². The highest BCUT2D eigenvalue weighted by Crippen LogP contribution is 2.26. The molecule has 0 fully saturated rings. The van der Waals surface area contributed by atoms with Crippen molar-refractivity contribution >= 4 is 10.9 Å². The van der Waals surface area contributed by atoms with E-state index < -0.39 is 12.0 Å². The number of aromatic nitrogens is 3. The summed E-state index contributed by atoms with van der Waals surface area (Å²) in [6, 6.07) is 1.55. The van der Waals surface area contributed by atoms with Crippen LogP contribution in [0, 0.1) is 0 Å². The van der Waals surface area contributed by atoms with Crippen LogP contribution in [0.1, 0.15) is 5.82 Å².